The zero-order valence-corrected chi connectivity index (χ0v) is 8.73. The molecule has 14 heavy (non-hydrogen) atoms. The van der Waals surface area contributed by atoms with Crippen molar-refractivity contribution in [1.82, 2.24) is 0 Å². The molecular weight excluding hydrogens is 202 g/mol. The molecule has 2 rings (SSSR count). The third-order valence-corrected chi connectivity index (χ3v) is 4.01. The molecule has 0 N–H and O–H groups in total. The molecule has 2 atom stereocenters. The second-order valence-corrected chi connectivity index (χ2v) is 5.01. The summed E-state index contributed by atoms with van der Waals surface area (Å²) in [6.45, 7) is 1.66. The second-order valence-electron chi connectivity index (χ2n) is 3.77. The lowest BCUT2D eigenvalue weighted by atomic mass is 9.80. The van der Waals surface area contributed by atoms with Crippen LogP contribution in [-0.2, 0) is 5.41 Å². The van der Waals surface area contributed by atoms with Crippen molar-refractivity contribution in [3.63, 3.8) is 0 Å². The van der Waals surface area contributed by atoms with E-state index < -0.39 is 11.8 Å². The second kappa shape index (κ2) is 3.54. The van der Waals surface area contributed by atoms with E-state index >= 15 is 0 Å². The van der Waals surface area contributed by atoms with Crippen LogP contribution in [0.4, 0.5) is 8.78 Å². The molecule has 1 aromatic carbocycles. The SMILES string of the molecule is CC(c1ccccc1)(C(F)F)C1CS1. The lowest BCUT2D eigenvalue weighted by Gasteiger charge is -2.28. The van der Waals surface area contributed by atoms with Crippen molar-refractivity contribution in [2.75, 3.05) is 5.75 Å². The van der Waals surface area contributed by atoms with Gasteiger partial charge in [-0.15, -0.1) is 0 Å². The molecule has 0 bridgehead atoms. The van der Waals surface area contributed by atoms with Crippen molar-refractivity contribution >= 4 is 11.8 Å². The highest BCUT2D eigenvalue weighted by Crippen LogP contribution is 2.49. The normalized spacial score (nSPS) is 24.7. The van der Waals surface area contributed by atoms with E-state index in [9.17, 15) is 8.78 Å². The first-order valence-corrected chi connectivity index (χ1v) is 5.66. The van der Waals surface area contributed by atoms with E-state index in [1.807, 2.05) is 18.2 Å². The molecule has 1 aliphatic heterocycles. The Morgan fingerprint density at radius 3 is 2.36 bits per heavy atom. The number of alkyl halides is 2. The molecular formula is C11H12F2S. The minimum atomic E-state index is -2.29. The van der Waals surface area contributed by atoms with Gasteiger partial charge < -0.3 is 0 Å². The van der Waals surface area contributed by atoms with E-state index in [-0.39, 0.29) is 5.25 Å². The minimum absolute atomic E-state index is 0.0879. The number of halogens is 2. The number of hydrogen-bond donors (Lipinski definition) is 0. The molecule has 1 aliphatic rings. The van der Waals surface area contributed by atoms with Crippen molar-refractivity contribution in [3.8, 4) is 0 Å². The van der Waals surface area contributed by atoms with Crippen molar-refractivity contribution in [2.24, 2.45) is 0 Å². The Morgan fingerprint density at radius 1 is 1.36 bits per heavy atom. The van der Waals surface area contributed by atoms with Gasteiger partial charge in [0.15, 0.2) is 0 Å². The van der Waals surface area contributed by atoms with E-state index in [2.05, 4.69) is 0 Å². The predicted octanol–water partition coefficient (Wildman–Crippen LogP) is 3.32. The van der Waals surface area contributed by atoms with Crippen LogP contribution in [0.25, 0.3) is 0 Å². The van der Waals surface area contributed by atoms with Gasteiger partial charge in [-0.05, 0) is 12.5 Å². The van der Waals surface area contributed by atoms with Gasteiger partial charge in [-0.3, -0.25) is 0 Å². The summed E-state index contributed by atoms with van der Waals surface area (Å²) in [5.74, 6) is 0.857. The van der Waals surface area contributed by atoms with Crippen molar-refractivity contribution < 1.29 is 8.78 Å². The highest BCUT2D eigenvalue weighted by Gasteiger charge is 2.50. The van der Waals surface area contributed by atoms with Crippen LogP contribution >= 0.6 is 11.8 Å². The Balaban J connectivity index is 2.36. The number of rotatable bonds is 3. The Hall–Kier alpha value is -0.570. The van der Waals surface area contributed by atoms with Gasteiger partial charge in [-0.25, -0.2) is 8.78 Å². The third-order valence-electron chi connectivity index (χ3n) is 2.85. The zero-order valence-electron chi connectivity index (χ0n) is 7.91. The Kier molecular flexibility index (Phi) is 2.52. The molecule has 0 nitrogen and oxygen atoms in total. The number of benzene rings is 1. The fourth-order valence-corrected chi connectivity index (χ4v) is 2.67. The Labute approximate surface area is 86.7 Å². The van der Waals surface area contributed by atoms with Gasteiger partial charge in [0.2, 0.25) is 6.43 Å². The van der Waals surface area contributed by atoms with Crippen LogP contribution in [-0.4, -0.2) is 17.4 Å². The maximum absolute atomic E-state index is 13.0. The molecule has 1 aromatic rings. The van der Waals surface area contributed by atoms with Crippen molar-refractivity contribution in [1.29, 1.82) is 0 Å². The lowest BCUT2D eigenvalue weighted by Crippen LogP contribution is -2.36. The van der Waals surface area contributed by atoms with Crippen LogP contribution in [0.2, 0.25) is 0 Å². The molecule has 0 saturated carbocycles. The maximum atomic E-state index is 13.0. The molecule has 1 fully saturated rings. The number of thioether (sulfide) groups is 1. The molecule has 0 spiro atoms. The zero-order chi connectivity index (χ0) is 10.2. The van der Waals surface area contributed by atoms with Gasteiger partial charge in [0.25, 0.3) is 0 Å². The van der Waals surface area contributed by atoms with Crippen LogP contribution in [0, 0.1) is 0 Å². The number of hydrogen-bond acceptors (Lipinski definition) is 1. The van der Waals surface area contributed by atoms with Gasteiger partial charge >= 0.3 is 0 Å². The average molecular weight is 214 g/mol. The van der Waals surface area contributed by atoms with Crippen LogP contribution in [0.3, 0.4) is 0 Å². The molecule has 3 heteroatoms. The summed E-state index contributed by atoms with van der Waals surface area (Å²) in [5.41, 5.74) is -0.212. The summed E-state index contributed by atoms with van der Waals surface area (Å²) in [7, 11) is 0. The highest BCUT2D eigenvalue weighted by molar-refractivity contribution is 8.07. The van der Waals surface area contributed by atoms with Gasteiger partial charge in [-0.2, -0.15) is 11.8 Å². The quantitative estimate of drug-likeness (QED) is 0.695. The van der Waals surface area contributed by atoms with E-state index in [0.717, 1.165) is 11.3 Å². The molecule has 0 aromatic heterocycles. The van der Waals surface area contributed by atoms with E-state index in [1.165, 1.54) is 0 Å². The van der Waals surface area contributed by atoms with Gasteiger partial charge in [0.05, 0.1) is 5.41 Å². The van der Waals surface area contributed by atoms with Crippen LogP contribution in [0.1, 0.15) is 12.5 Å². The summed E-state index contributed by atoms with van der Waals surface area (Å²) >= 11 is 1.62. The predicted molar refractivity (Wildman–Crippen MR) is 56.0 cm³/mol. The van der Waals surface area contributed by atoms with E-state index in [0.29, 0.717) is 0 Å². The minimum Gasteiger partial charge on any atom is -0.209 e. The summed E-state index contributed by atoms with van der Waals surface area (Å²) in [6, 6.07) is 9.09. The van der Waals surface area contributed by atoms with Crippen LogP contribution in [0.15, 0.2) is 30.3 Å². The largest absolute Gasteiger partial charge is 0.248 e. The van der Waals surface area contributed by atoms with E-state index in [1.54, 1.807) is 30.8 Å². The summed E-state index contributed by atoms with van der Waals surface area (Å²) in [6.07, 6.45) is -2.29. The van der Waals surface area contributed by atoms with Crippen molar-refractivity contribution in [3.05, 3.63) is 35.9 Å². The standard InChI is InChI=1S/C11H12F2S/c1-11(10(12)13,9-7-14-9)8-5-3-2-4-6-8/h2-6,9-10H,7H2,1H3. The molecule has 0 amide bonds. The molecule has 0 aliphatic carbocycles. The smallest absolute Gasteiger partial charge is 0.209 e. The first-order chi connectivity index (χ1) is 6.65. The third kappa shape index (κ3) is 1.54. The first kappa shape index (κ1) is 9.97. The van der Waals surface area contributed by atoms with Crippen LogP contribution < -0.4 is 0 Å². The first-order valence-electron chi connectivity index (χ1n) is 4.61. The Morgan fingerprint density at radius 2 is 1.93 bits per heavy atom. The molecule has 1 saturated heterocycles. The van der Waals surface area contributed by atoms with Gasteiger partial charge in [0, 0.05) is 11.0 Å². The topological polar surface area (TPSA) is 0 Å². The fourth-order valence-electron chi connectivity index (χ4n) is 1.64. The van der Waals surface area contributed by atoms with Crippen molar-refractivity contribution in [2.45, 2.75) is 24.0 Å². The maximum Gasteiger partial charge on any atom is 0.248 e. The average Bonchev–Trinajstić information content (AvgIpc) is 3.01. The lowest BCUT2D eigenvalue weighted by molar-refractivity contribution is 0.0639. The summed E-state index contributed by atoms with van der Waals surface area (Å²) in [4.78, 5) is 0. The molecule has 2 unspecified atom stereocenters. The fraction of sp³-hybridized carbons (Fsp3) is 0.455. The molecule has 1 heterocycles. The summed E-state index contributed by atoms with van der Waals surface area (Å²) < 4.78 is 26.1. The monoisotopic (exact) mass is 214 g/mol. The molecule has 0 radical (unpaired) electrons. The van der Waals surface area contributed by atoms with E-state index in [4.69, 9.17) is 0 Å². The Bertz CT molecular complexity index is 304. The van der Waals surface area contributed by atoms with Gasteiger partial charge in [0.1, 0.15) is 0 Å². The molecule has 76 valence electrons. The summed E-state index contributed by atoms with van der Waals surface area (Å²) in [5, 5.41) is 0.0879. The van der Waals surface area contributed by atoms with Gasteiger partial charge in [-0.1, -0.05) is 30.3 Å². The highest BCUT2D eigenvalue weighted by atomic mass is 32.2. The van der Waals surface area contributed by atoms with Crippen LogP contribution in [0.5, 0.6) is 0 Å².